The molecule has 228 valence electrons. The fourth-order valence-corrected chi connectivity index (χ4v) is 7.07. The van der Waals surface area contributed by atoms with Crippen molar-refractivity contribution in [1.82, 2.24) is 24.9 Å². The van der Waals surface area contributed by atoms with Gasteiger partial charge in [0.15, 0.2) is 0 Å². The Balaban J connectivity index is 0.928. The van der Waals surface area contributed by atoms with Crippen LogP contribution in [0.3, 0.4) is 0 Å². The van der Waals surface area contributed by atoms with Crippen molar-refractivity contribution in [2.24, 2.45) is 5.92 Å². The second kappa shape index (κ2) is 11.5. The summed E-state index contributed by atoms with van der Waals surface area (Å²) in [7, 11) is 0. The normalized spacial score (nSPS) is 25.0. The second-order valence-electron chi connectivity index (χ2n) is 13.5. The summed E-state index contributed by atoms with van der Waals surface area (Å²) in [6.07, 6.45) is 2.49. The van der Waals surface area contributed by atoms with E-state index in [0.29, 0.717) is 30.5 Å². The standard InChI is InChI=1S/C31H44N6O5/c1-31(2,3)42-30(41)35-10-8-23(9-11-35)36-18-21(19-36)17-33-12-14-34(15-13-33)24-4-5-25-22(16-24)20-37(29(25)40)26-6-7-27(38)32-28(26)39/h4-5,16,21,23,26H,6-15,17-20H2,1-3H3,(H,32,38,39)/t26-/m0/s1. The summed E-state index contributed by atoms with van der Waals surface area (Å²) in [6.45, 7) is 15.0. The molecule has 0 unspecified atom stereocenters. The van der Waals surface area contributed by atoms with Gasteiger partial charge in [-0.05, 0) is 69.7 Å². The van der Waals surface area contributed by atoms with E-state index >= 15 is 0 Å². The average Bonchev–Trinajstić information content (AvgIpc) is 3.25. The van der Waals surface area contributed by atoms with Crippen molar-refractivity contribution < 1.29 is 23.9 Å². The highest BCUT2D eigenvalue weighted by molar-refractivity contribution is 6.05. The number of nitrogens with zero attached hydrogens (tertiary/aromatic N) is 5. The summed E-state index contributed by atoms with van der Waals surface area (Å²) in [6, 6.07) is 6.01. The van der Waals surface area contributed by atoms with Crippen molar-refractivity contribution in [2.75, 3.05) is 63.8 Å². The van der Waals surface area contributed by atoms with E-state index in [4.69, 9.17) is 4.74 Å². The number of carbonyl (C=O) groups is 4. The van der Waals surface area contributed by atoms with Gasteiger partial charge in [0.25, 0.3) is 5.91 Å². The van der Waals surface area contributed by atoms with E-state index in [-0.39, 0.29) is 30.2 Å². The summed E-state index contributed by atoms with van der Waals surface area (Å²) in [4.78, 5) is 60.3. The molecule has 0 bridgehead atoms. The second-order valence-corrected chi connectivity index (χ2v) is 13.5. The van der Waals surface area contributed by atoms with Gasteiger partial charge in [-0.15, -0.1) is 0 Å². The molecule has 1 N–H and O–H groups in total. The van der Waals surface area contributed by atoms with Gasteiger partial charge in [0.1, 0.15) is 11.6 Å². The topological polar surface area (TPSA) is 106 Å². The highest BCUT2D eigenvalue weighted by atomic mass is 16.6. The van der Waals surface area contributed by atoms with Crippen molar-refractivity contribution in [3.8, 4) is 0 Å². The molecule has 0 saturated carbocycles. The largest absolute Gasteiger partial charge is 0.444 e. The number of rotatable bonds is 5. The van der Waals surface area contributed by atoms with Crippen LogP contribution < -0.4 is 10.2 Å². The van der Waals surface area contributed by atoms with Gasteiger partial charge in [0.2, 0.25) is 11.8 Å². The van der Waals surface area contributed by atoms with Gasteiger partial charge in [-0.1, -0.05) is 0 Å². The Kier molecular flexibility index (Phi) is 7.91. The van der Waals surface area contributed by atoms with Gasteiger partial charge < -0.3 is 19.4 Å². The molecular formula is C31H44N6O5. The number of hydrogen-bond donors (Lipinski definition) is 1. The van der Waals surface area contributed by atoms with Gasteiger partial charge in [0.05, 0.1) is 0 Å². The van der Waals surface area contributed by atoms with E-state index in [1.165, 1.54) is 0 Å². The van der Waals surface area contributed by atoms with E-state index in [2.05, 4.69) is 26.1 Å². The molecule has 0 radical (unpaired) electrons. The maximum atomic E-state index is 13.0. The van der Waals surface area contributed by atoms with Gasteiger partial charge in [-0.3, -0.25) is 29.5 Å². The molecule has 0 aliphatic carbocycles. The van der Waals surface area contributed by atoms with Crippen LogP contribution in [-0.4, -0.2) is 120 Å². The number of amides is 4. The van der Waals surface area contributed by atoms with Crippen LogP contribution in [0.5, 0.6) is 0 Å². The highest BCUT2D eigenvalue weighted by Crippen LogP contribution is 2.31. The Morgan fingerprint density at radius 1 is 0.976 bits per heavy atom. The summed E-state index contributed by atoms with van der Waals surface area (Å²) in [5.74, 6) is -0.0699. The van der Waals surface area contributed by atoms with E-state index in [9.17, 15) is 19.2 Å². The molecule has 1 aromatic rings. The molecule has 11 nitrogen and oxygen atoms in total. The zero-order chi connectivity index (χ0) is 29.6. The van der Waals surface area contributed by atoms with E-state index < -0.39 is 11.6 Å². The first-order chi connectivity index (χ1) is 20.0. The lowest BCUT2D eigenvalue weighted by atomic mass is 9.92. The van der Waals surface area contributed by atoms with Crippen molar-refractivity contribution in [3.63, 3.8) is 0 Å². The fraction of sp³-hybridized carbons (Fsp3) is 0.677. The monoisotopic (exact) mass is 580 g/mol. The molecular weight excluding hydrogens is 536 g/mol. The lowest BCUT2D eigenvalue weighted by Crippen LogP contribution is -2.59. The number of hydrogen-bond acceptors (Lipinski definition) is 8. The number of ether oxygens (including phenoxy) is 1. The Morgan fingerprint density at radius 2 is 1.69 bits per heavy atom. The SMILES string of the molecule is CC(C)(C)OC(=O)N1CCC(N2CC(CN3CCN(c4ccc5c(c4)CN([C@H]4CCC(=O)NC4=O)C5=O)CC3)C2)CC1. The molecule has 0 aromatic heterocycles. The van der Waals surface area contributed by atoms with Crippen LogP contribution in [0.2, 0.25) is 0 Å². The van der Waals surface area contributed by atoms with E-state index in [1.54, 1.807) is 4.90 Å². The van der Waals surface area contributed by atoms with Gasteiger partial charge in [-0.2, -0.15) is 0 Å². The first kappa shape index (κ1) is 28.9. The lowest BCUT2D eigenvalue weighted by molar-refractivity contribution is -0.136. The predicted octanol–water partition coefficient (Wildman–Crippen LogP) is 1.90. The zero-order valence-corrected chi connectivity index (χ0v) is 25.1. The Hall–Kier alpha value is -3.18. The lowest BCUT2D eigenvalue weighted by Gasteiger charge is -2.49. The van der Waals surface area contributed by atoms with Crippen molar-refractivity contribution >= 4 is 29.5 Å². The number of carbonyl (C=O) groups excluding carboxylic acids is 4. The molecule has 4 fully saturated rings. The third-order valence-corrected chi connectivity index (χ3v) is 9.38. The minimum Gasteiger partial charge on any atom is -0.444 e. The molecule has 1 atom stereocenters. The number of piperazine rings is 1. The smallest absolute Gasteiger partial charge is 0.410 e. The minimum absolute atomic E-state index is 0.126. The third-order valence-electron chi connectivity index (χ3n) is 9.38. The molecule has 5 aliphatic rings. The summed E-state index contributed by atoms with van der Waals surface area (Å²) in [5, 5.41) is 2.37. The molecule has 1 aromatic carbocycles. The van der Waals surface area contributed by atoms with E-state index in [1.807, 2.05) is 37.8 Å². The summed E-state index contributed by atoms with van der Waals surface area (Å²) in [5.41, 5.74) is 2.29. The van der Waals surface area contributed by atoms with Gasteiger partial charge in [-0.25, -0.2) is 4.79 Å². The van der Waals surface area contributed by atoms with Crippen LogP contribution in [0, 0.1) is 5.92 Å². The maximum absolute atomic E-state index is 13.0. The van der Waals surface area contributed by atoms with Crippen LogP contribution in [0.1, 0.15) is 62.4 Å². The highest BCUT2D eigenvalue weighted by Gasteiger charge is 2.40. The first-order valence-corrected chi connectivity index (χ1v) is 15.5. The van der Waals surface area contributed by atoms with Gasteiger partial charge >= 0.3 is 6.09 Å². The Bertz CT molecular complexity index is 1220. The third kappa shape index (κ3) is 6.13. The van der Waals surface area contributed by atoms with E-state index in [0.717, 1.165) is 83.0 Å². The van der Waals surface area contributed by atoms with Crippen molar-refractivity contribution in [2.45, 2.75) is 70.7 Å². The Labute approximate surface area is 248 Å². The molecule has 5 aliphatic heterocycles. The number of piperidine rings is 2. The molecule has 0 spiro atoms. The molecule has 42 heavy (non-hydrogen) atoms. The Morgan fingerprint density at radius 3 is 2.36 bits per heavy atom. The minimum atomic E-state index is -0.581. The van der Waals surface area contributed by atoms with Crippen molar-refractivity contribution in [3.05, 3.63) is 29.3 Å². The van der Waals surface area contributed by atoms with Crippen LogP contribution in [0.4, 0.5) is 10.5 Å². The zero-order valence-electron chi connectivity index (χ0n) is 25.1. The maximum Gasteiger partial charge on any atom is 0.410 e. The van der Waals surface area contributed by atoms with Crippen LogP contribution in [0.15, 0.2) is 18.2 Å². The predicted molar refractivity (Wildman–Crippen MR) is 157 cm³/mol. The van der Waals surface area contributed by atoms with Crippen molar-refractivity contribution in [1.29, 1.82) is 0 Å². The van der Waals surface area contributed by atoms with Gasteiger partial charge in [0, 0.05) is 89.2 Å². The number of anilines is 1. The first-order valence-electron chi connectivity index (χ1n) is 15.5. The number of fused-ring (bicyclic) bond motifs is 1. The number of nitrogens with one attached hydrogen (secondary N) is 1. The molecule has 4 amide bonds. The van der Waals surface area contributed by atoms with Crippen LogP contribution in [0.25, 0.3) is 0 Å². The quantitative estimate of drug-likeness (QED) is 0.527. The van der Waals surface area contributed by atoms with Crippen LogP contribution in [-0.2, 0) is 20.9 Å². The summed E-state index contributed by atoms with van der Waals surface area (Å²) < 4.78 is 5.53. The number of imide groups is 1. The molecule has 5 heterocycles. The number of benzene rings is 1. The molecule has 4 saturated heterocycles. The molecule has 11 heteroatoms. The molecule has 6 rings (SSSR count). The fourth-order valence-electron chi connectivity index (χ4n) is 7.07. The average molecular weight is 581 g/mol. The summed E-state index contributed by atoms with van der Waals surface area (Å²) >= 11 is 0. The number of likely N-dealkylation sites (tertiary alicyclic amines) is 2. The van der Waals surface area contributed by atoms with Crippen LogP contribution >= 0.6 is 0 Å².